The van der Waals surface area contributed by atoms with E-state index in [1.165, 1.54) is 0 Å². The summed E-state index contributed by atoms with van der Waals surface area (Å²) in [4.78, 5) is 41.2. The lowest BCUT2D eigenvalue weighted by molar-refractivity contribution is -0.125. The highest BCUT2D eigenvalue weighted by Crippen LogP contribution is 2.24. The third-order valence-electron chi connectivity index (χ3n) is 7.00. The van der Waals surface area contributed by atoms with Crippen LogP contribution < -0.4 is 10.6 Å². The molecule has 2 aromatic rings. The molecule has 0 saturated carbocycles. The van der Waals surface area contributed by atoms with Crippen LogP contribution in [0.3, 0.4) is 0 Å². The summed E-state index contributed by atoms with van der Waals surface area (Å²) in [5, 5.41) is 6.10. The van der Waals surface area contributed by atoms with Gasteiger partial charge in [0.15, 0.2) is 0 Å². The van der Waals surface area contributed by atoms with Gasteiger partial charge in [0.05, 0.1) is 0 Å². The molecule has 6 nitrogen and oxygen atoms in total. The fraction of sp³-hybridized carbons (Fsp3) is 0.464. The van der Waals surface area contributed by atoms with Gasteiger partial charge in [-0.25, -0.2) is 0 Å². The largest absolute Gasteiger partial charge is 0.352 e. The van der Waals surface area contributed by atoms with Crippen LogP contribution in [0, 0.1) is 25.7 Å². The average Bonchev–Trinajstić information content (AvgIpc) is 2.82. The van der Waals surface area contributed by atoms with Gasteiger partial charge in [-0.2, -0.15) is 0 Å². The quantitative estimate of drug-likeness (QED) is 0.649. The van der Waals surface area contributed by atoms with Crippen molar-refractivity contribution in [2.75, 3.05) is 13.1 Å². The van der Waals surface area contributed by atoms with Crippen LogP contribution >= 0.6 is 0 Å². The van der Waals surface area contributed by atoms with Gasteiger partial charge in [0.2, 0.25) is 5.91 Å². The first-order valence-corrected chi connectivity index (χ1v) is 12.2. The Labute approximate surface area is 203 Å². The third-order valence-corrected chi connectivity index (χ3v) is 7.00. The molecule has 6 heteroatoms. The maximum absolute atomic E-state index is 13.3. The van der Waals surface area contributed by atoms with E-state index in [-0.39, 0.29) is 35.6 Å². The van der Waals surface area contributed by atoms with E-state index < -0.39 is 6.04 Å². The molecule has 1 fully saturated rings. The van der Waals surface area contributed by atoms with Gasteiger partial charge in [-0.15, -0.1) is 0 Å². The van der Waals surface area contributed by atoms with Crippen molar-refractivity contribution in [3.8, 4) is 0 Å². The summed E-state index contributed by atoms with van der Waals surface area (Å²) in [5.74, 6) is -0.144. The van der Waals surface area contributed by atoms with Crippen molar-refractivity contribution in [1.82, 2.24) is 15.5 Å². The van der Waals surface area contributed by atoms with Crippen LogP contribution in [0.25, 0.3) is 0 Å². The molecule has 0 aliphatic carbocycles. The van der Waals surface area contributed by atoms with Crippen LogP contribution in [0.5, 0.6) is 0 Å². The summed E-state index contributed by atoms with van der Waals surface area (Å²) in [6.07, 6.45) is 1.31. The van der Waals surface area contributed by atoms with Gasteiger partial charge in [0.1, 0.15) is 6.04 Å². The van der Waals surface area contributed by atoms with Crippen LogP contribution in [0.1, 0.15) is 65.5 Å². The maximum Gasteiger partial charge on any atom is 0.254 e. The number of likely N-dealkylation sites (tertiary alicyclic amines) is 1. The zero-order chi connectivity index (χ0) is 24.8. The number of piperidine rings is 1. The molecule has 1 heterocycles. The standard InChI is InChI=1S/C28H37N3O3/c1-18(2)21(5)29-27(33)25(30-26(32)23-12-8-6-10-19(23)3)22-14-16-31(17-15-22)28(34)24-13-9-7-11-20(24)4/h6-13,18,21-22,25H,14-17H2,1-5H3,(H,29,33)(H,30,32)/t21-,25+/m0/s1. The number of nitrogens with one attached hydrogen (secondary N) is 2. The van der Waals surface area contributed by atoms with Crippen molar-refractivity contribution < 1.29 is 14.4 Å². The number of carbonyl (C=O) groups is 3. The Morgan fingerprint density at radius 1 is 0.824 bits per heavy atom. The van der Waals surface area contributed by atoms with Crippen molar-refractivity contribution >= 4 is 17.7 Å². The van der Waals surface area contributed by atoms with Gasteiger partial charge in [0.25, 0.3) is 11.8 Å². The van der Waals surface area contributed by atoms with E-state index in [2.05, 4.69) is 24.5 Å². The lowest BCUT2D eigenvalue weighted by Crippen LogP contribution is -2.55. The van der Waals surface area contributed by atoms with Gasteiger partial charge in [-0.05, 0) is 68.7 Å². The summed E-state index contributed by atoms with van der Waals surface area (Å²) >= 11 is 0. The minimum Gasteiger partial charge on any atom is -0.352 e. The summed E-state index contributed by atoms with van der Waals surface area (Å²) in [5.41, 5.74) is 3.12. The monoisotopic (exact) mass is 463 g/mol. The Morgan fingerprint density at radius 3 is 1.88 bits per heavy atom. The maximum atomic E-state index is 13.3. The first-order valence-electron chi connectivity index (χ1n) is 12.2. The lowest BCUT2D eigenvalue weighted by atomic mass is 9.87. The Bertz CT molecular complexity index is 1030. The van der Waals surface area contributed by atoms with Gasteiger partial charge in [0, 0.05) is 30.3 Å². The first kappa shape index (κ1) is 25.5. The lowest BCUT2D eigenvalue weighted by Gasteiger charge is -2.36. The number of hydrogen-bond acceptors (Lipinski definition) is 3. The molecule has 2 atom stereocenters. The molecule has 2 N–H and O–H groups in total. The van der Waals surface area contributed by atoms with Crippen LogP contribution in [0.2, 0.25) is 0 Å². The van der Waals surface area contributed by atoms with Crippen molar-refractivity contribution in [2.45, 2.75) is 59.5 Å². The van der Waals surface area contributed by atoms with Crippen molar-refractivity contribution in [1.29, 1.82) is 0 Å². The Balaban J connectivity index is 1.74. The highest BCUT2D eigenvalue weighted by atomic mass is 16.2. The second-order valence-corrected chi connectivity index (χ2v) is 9.75. The molecule has 3 amide bonds. The van der Waals surface area contributed by atoms with Crippen molar-refractivity contribution in [3.05, 3.63) is 70.8 Å². The Hall–Kier alpha value is -3.15. The van der Waals surface area contributed by atoms with E-state index >= 15 is 0 Å². The summed E-state index contributed by atoms with van der Waals surface area (Å²) in [7, 11) is 0. The highest BCUT2D eigenvalue weighted by molar-refractivity contribution is 5.99. The number of hydrogen-bond donors (Lipinski definition) is 2. The number of nitrogens with zero attached hydrogens (tertiary/aromatic N) is 1. The number of rotatable bonds is 7. The molecule has 3 rings (SSSR count). The van der Waals surface area contributed by atoms with Crippen molar-refractivity contribution in [3.63, 3.8) is 0 Å². The zero-order valence-electron chi connectivity index (χ0n) is 20.9. The Kier molecular flexibility index (Phi) is 8.48. The van der Waals surface area contributed by atoms with Gasteiger partial charge < -0.3 is 15.5 Å². The first-order chi connectivity index (χ1) is 16.2. The van der Waals surface area contributed by atoms with Crippen LogP contribution in [-0.4, -0.2) is 47.8 Å². The van der Waals surface area contributed by atoms with Crippen LogP contribution in [-0.2, 0) is 4.79 Å². The number of carbonyl (C=O) groups excluding carboxylic acids is 3. The molecule has 1 aliphatic heterocycles. The molecule has 0 radical (unpaired) electrons. The predicted octanol–water partition coefficient (Wildman–Crippen LogP) is 4.11. The van der Waals surface area contributed by atoms with E-state index in [0.29, 0.717) is 37.1 Å². The molecule has 0 spiro atoms. The second kappa shape index (κ2) is 11.3. The molecule has 1 aliphatic rings. The molecule has 0 unspecified atom stereocenters. The van der Waals surface area contributed by atoms with E-state index in [4.69, 9.17) is 0 Å². The molecule has 0 aromatic heterocycles. The normalized spacial score (nSPS) is 16.1. The molecule has 182 valence electrons. The Morgan fingerprint density at radius 2 is 1.35 bits per heavy atom. The fourth-order valence-electron chi connectivity index (χ4n) is 4.34. The van der Waals surface area contributed by atoms with Crippen LogP contribution in [0.4, 0.5) is 0 Å². The summed E-state index contributed by atoms with van der Waals surface area (Å²) in [6, 6.07) is 14.3. The molecular formula is C28H37N3O3. The predicted molar refractivity (Wildman–Crippen MR) is 135 cm³/mol. The number of benzene rings is 2. The smallest absolute Gasteiger partial charge is 0.254 e. The van der Waals surface area contributed by atoms with E-state index in [9.17, 15) is 14.4 Å². The zero-order valence-corrected chi connectivity index (χ0v) is 20.9. The summed E-state index contributed by atoms with van der Waals surface area (Å²) < 4.78 is 0. The summed E-state index contributed by atoms with van der Waals surface area (Å²) in [6.45, 7) is 11.0. The van der Waals surface area contributed by atoms with E-state index in [1.807, 2.05) is 68.1 Å². The van der Waals surface area contributed by atoms with Crippen LogP contribution in [0.15, 0.2) is 48.5 Å². The average molecular weight is 464 g/mol. The molecule has 0 bridgehead atoms. The minimum absolute atomic E-state index is 0.00640. The van der Waals surface area contributed by atoms with Gasteiger partial charge >= 0.3 is 0 Å². The molecule has 34 heavy (non-hydrogen) atoms. The topological polar surface area (TPSA) is 78.5 Å². The van der Waals surface area contributed by atoms with E-state index in [0.717, 1.165) is 11.1 Å². The number of aryl methyl sites for hydroxylation is 2. The fourth-order valence-corrected chi connectivity index (χ4v) is 4.34. The van der Waals surface area contributed by atoms with Gasteiger partial charge in [-0.1, -0.05) is 50.2 Å². The van der Waals surface area contributed by atoms with Crippen molar-refractivity contribution in [2.24, 2.45) is 11.8 Å². The third kappa shape index (κ3) is 6.04. The minimum atomic E-state index is -0.649. The molecule has 1 saturated heterocycles. The van der Waals surface area contributed by atoms with Gasteiger partial charge in [-0.3, -0.25) is 14.4 Å². The van der Waals surface area contributed by atoms with E-state index in [1.54, 1.807) is 6.07 Å². The second-order valence-electron chi connectivity index (χ2n) is 9.75. The number of amides is 3. The molecule has 2 aromatic carbocycles. The molecular weight excluding hydrogens is 426 g/mol. The SMILES string of the molecule is Cc1ccccc1C(=O)N[C@@H](C(=O)N[C@@H](C)C(C)C)C1CCN(C(=O)c2ccccc2C)CC1. The highest BCUT2D eigenvalue weighted by Gasteiger charge is 2.35.